The number of oxime groups is 1. The Morgan fingerprint density at radius 3 is 2.76 bits per heavy atom. The Bertz CT molecular complexity index is 506. The van der Waals surface area contributed by atoms with Gasteiger partial charge in [0.15, 0.2) is 0 Å². The molecular weight excluding hydrogens is 272 g/mol. The standard InChI is InChI=1S/C15H20N2O4/c1-20-14-5-3-2-4-13(14)16-15(18)10-21-12-8-6-11(17-19)7-9-12/h2-5,12,19H,6-10H2,1H3,(H,16,18). The number of hydrogen-bond donors (Lipinski definition) is 2. The van der Waals surface area contributed by atoms with E-state index in [1.807, 2.05) is 12.1 Å². The molecule has 0 heterocycles. The van der Waals surface area contributed by atoms with Crippen molar-refractivity contribution in [3.05, 3.63) is 24.3 Å². The van der Waals surface area contributed by atoms with Crippen molar-refractivity contribution in [2.75, 3.05) is 19.0 Å². The fraction of sp³-hybridized carbons (Fsp3) is 0.467. The van der Waals surface area contributed by atoms with Gasteiger partial charge in [-0.25, -0.2) is 0 Å². The zero-order valence-electron chi connectivity index (χ0n) is 12.0. The van der Waals surface area contributed by atoms with Gasteiger partial charge in [-0.15, -0.1) is 0 Å². The predicted octanol–water partition coefficient (Wildman–Crippen LogP) is 2.42. The van der Waals surface area contributed by atoms with Crippen LogP contribution in [0.4, 0.5) is 5.69 Å². The third-order valence-electron chi connectivity index (χ3n) is 3.48. The van der Waals surface area contributed by atoms with Crippen molar-refractivity contribution in [3.63, 3.8) is 0 Å². The Kier molecular flexibility index (Phi) is 5.57. The van der Waals surface area contributed by atoms with Gasteiger partial charge in [0.25, 0.3) is 0 Å². The van der Waals surface area contributed by atoms with Gasteiger partial charge < -0.3 is 20.0 Å². The van der Waals surface area contributed by atoms with E-state index in [9.17, 15) is 4.79 Å². The van der Waals surface area contributed by atoms with E-state index >= 15 is 0 Å². The second-order valence-electron chi connectivity index (χ2n) is 4.93. The van der Waals surface area contributed by atoms with Crippen molar-refractivity contribution in [3.8, 4) is 5.75 Å². The van der Waals surface area contributed by atoms with E-state index in [0.29, 0.717) is 11.4 Å². The summed E-state index contributed by atoms with van der Waals surface area (Å²) in [5.74, 6) is 0.411. The van der Waals surface area contributed by atoms with Crippen LogP contribution >= 0.6 is 0 Å². The highest BCUT2D eigenvalue weighted by atomic mass is 16.5. The van der Waals surface area contributed by atoms with Gasteiger partial charge in [-0.05, 0) is 37.8 Å². The van der Waals surface area contributed by atoms with Gasteiger partial charge in [0.05, 0.1) is 24.6 Å². The zero-order valence-corrected chi connectivity index (χ0v) is 12.0. The zero-order chi connectivity index (χ0) is 15.1. The summed E-state index contributed by atoms with van der Waals surface area (Å²) in [5, 5.41) is 14.7. The molecule has 0 aromatic heterocycles. The molecule has 0 spiro atoms. The second-order valence-corrected chi connectivity index (χ2v) is 4.93. The number of methoxy groups -OCH3 is 1. The topological polar surface area (TPSA) is 80.2 Å². The van der Waals surface area contributed by atoms with Crippen LogP contribution in [0.15, 0.2) is 29.4 Å². The van der Waals surface area contributed by atoms with E-state index in [2.05, 4.69) is 10.5 Å². The van der Waals surface area contributed by atoms with Crippen LogP contribution in [0.3, 0.4) is 0 Å². The smallest absolute Gasteiger partial charge is 0.250 e. The fourth-order valence-electron chi connectivity index (χ4n) is 2.32. The van der Waals surface area contributed by atoms with Gasteiger partial charge in [0, 0.05) is 0 Å². The molecule has 1 aliphatic rings. The second kappa shape index (κ2) is 7.64. The molecular formula is C15H20N2O4. The quantitative estimate of drug-likeness (QED) is 0.645. The summed E-state index contributed by atoms with van der Waals surface area (Å²) in [6.45, 7) is 0.00825. The number of nitrogens with one attached hydrogen (secondary N) is 1. The van der Waals surface area contributed by atoms with Crippen molar-refractivity contribution in [1.29, 1.82) is 0 Å². The number of benzene rings is 1. The first-order valence-electron chi connectivity index (χ1n) is 6.97. The molecule has 2 N–H and O–H groups in total. The van der Waals surface area contributed by atoms with Crippen molar-refractivity contribution in [1.82, 2.24) is 0 Å². The molecule has 6 heteroatoms. The number of nitrogens with zero attached hydrogens (tertiary/aromatic N) is 1. The van der Waals surface area contributed by atoms with E-state index in [1.54, 1.807) is 19.2 Å². The molecule has 21 heavy (non-hydrogen) atoms. The van der Waals surface area contributed by atoms with Crippen LogP contribution < -0.4 is 10.1 Å². The predicted molar refractivity (Wildman–Crippen MR) is 79.1 cm³/mol. The summed E-state index contributed by atoms with van der Waals surface area (Å²) in [4.78, 5) is 11.9. The summed E-state index contributed by atoms with van der Waals surface area (Å²) >= 11 is 0. The summed E-state index contributed by atoms with van der Waals surface area (Å²) in [6, 6.07) is 7.23. The molecule has 0 radical (unpaired) electrons. The molecule has 2 rings (SSSR count). The lowest BCUT2D eigenvalue weighted by Crippen LogP contribution is -2.27. The molecule has 0 aliphatic heterocycles. The maximum absolute atomic E-state index is 11.9. The van der Waals surface area contributed by atoms with E-state index in [4.69, 9.17) is 14.7 Å². The Morgan fingerprint density at radius 2 is 2.10 bits per heavy atom. The van der Waals surface area contributed by atoms with Gasteiger partial charge in [-0.1, -0.05) is 17.3 Å². The van der Waals surface area contributed by atoms with Crippen LogP contribution in [0.25, 0.3) is 0 Å². The first-order chi connectivity index (χ1) is 10.2. The first-order valence-corrected chi connectivity index (χ1v) is 6.97. The van der Waals surface area contributed by atoms with Crippen LogP contribution in [-0.2, 0) is 9.53 Å². The normalized spacial score (nSPS) is 18.1. The van der Waals surface area contributed by atoms with E-state index in [1.165, 1.54) is 0 Å². The lowest BCUT2D eigenvalue weighted by molar-refractivity contribution is -0.122. The highest BCUT2D eigenvalue weighted by molar-refractivity contribution is 5.93. The van der Waals surface area contributed by atoms with Crippen molar-refractivity contribution < 1.29 is 19.5 Å². The third kappa shape index (κ3) is 4.46. The minimum atomic E-state index is -0.207. The Morgan fingerprint density at radius 1 is 1.38 bits per heavy atom. The SMILES string of the molecule is COc1ccccc1NC(=O)COC1CCC(=NO)CC1. The first kappa shape index (κ1) is 15.3. The summed E-state index contributed by atoms with van der Waals surface area (Å²) in [6.07, 6.45) is 3.03. The molecule has 1 aliphatic carbocycles. The molecule has 0 bridgehead atoms. The van der Waals surface area contributed by atoms with Crippen LogP contribution in [-0.4, -0.2) is 36.6 Å². The van der Waals surface area contributed by atoms with Crippen molar-refractivity contribution >= 4 is 17.3 Å². The lowest BCUT2D eigenvalue weighted by atomic mass is 9.96. The van der Waals surface area contributed by atoms with Gasteiger partial charge in [0.1, 0.15) is 12.4 Å². The average molecular weight is 292 g/mol. The lowest BCUT2D eigenvalue weighted by Gasteiger charge is -2.22. The molecule has 0 saturated heterocycles. The monoisotopic (exact) mass is 292 g/mol. The Labute approximate surface area is 123 Å². The van der Waals surface area contributed by atoms with E-state index in [-0.39, 0.29) is 18.6 Å². The number of carbonyl (C=O) groups excluding carboxylic acids is 1. The van der Waals surface area contributed by atoms with Crippen molar-refractivity contribution in [2.24, 2.45) is 5.16 Å². The number of anilines is 1. The van der Waals surface area contributed by atoms with Crippen LogP contribution in [0.5, 0.6) is 5.75 Å². The molecule has 1 saturated carbocycles. The van der Waals surface area contributed by atoms with E-state index in [0.717, 1.165) is 31.4 Å². The van der Waals surface area contributed by atoms with Gasteiger partial charge in [-0.2, -0.15) is 0 Å². The van der Waals surface area contributed by atoms with Gasteiger partial charge in [-0.3, -0.25) is 4.79 Å². The molecule has 0 unspecified atom stereocenters. The molecule has 1 fully saturated rings. The minimum absolute atomic E-state index is 0.00825. The van der Waals surface area contributed by atoms with Crippen LogP contribution in [0.2, 0.25) is 0 Å². The fourth-order valence-corrected chi connectivity index (χ4v) is 2.32. The highest BCUT2D eigenvalue weighted by Gasteiger charge is 2.19. The number of amides is 1. The molecule has 1 aromatic carbocycles. The number of rotatable bonds is 5. The molecule has 114 valence electrons. The Hall–Kier alpha value is -2.08. The third-order valence-corrected chi connectivity index (χ3v) is 3.48. The van der Waals surface area contributed by atoms with Gasteiger partial charge in [0.2, 0.25) is 5.91 Å². The highest BCUT2D eigenvalue weighted by Crippen LogP contribution is 2.23. The minimum Gasteiger partial charge on any atom is -0.495 e. The summed E-state index contributed by atoms with van der Waals surface area (Å²) in [7, 11) is 1.56. The van der Waals surface area contributed by atoms with Gasteiger partial charge >= 0.3 is 0 Å². The number of hydrogen-bond acceptors (Lipinski definition) is 5. The van der Waals surface area contributed by atoms with Crippen molar-refractivity contribution in [2.45, 2.75) is 31.8 Å². The molecule has 1 amide bonds. The largest absolute Gasteiger partial charge is 0.495 e. The molecule has 6 nitrogen and oxygen atoms in total. The van der Waals surface area contributed by atoms with E-state index < -0.39 is 0 Å². The number of ether oxygens (including phenoxy) is 2. The Balaban J connectivity index is 1.78. The number of para-hydroxylation sites is 2. The maximum Gasteiger partial charge on any atom is 0.250 e. The molecule has 1 aromatic rings. The maximum atomic E-state index is 11.9. The summed E-state index contributed by atoms with van der Waals surface area (Å²) in [5.41, 5.74) is 1.43. The summed E-state index contributed by atoms with van der Waals surface area (Å²) < 4.78 is 10.8. The van der Waals surface area contributed by atoms with Crippen LogP contribution in [0, 0.1) is 0 Å². The number of carbonyl (C=O) groups is 1. The molecule has 0 atom stereocenters. The van der Waals surface area contributed by atoms with Crippen LogP contribution in [0.1, 0.15) is 25.7 Å². The average Bonchev–Trinajstić information content (AvgIpc) is 2.54.